The van der Waals surface area contributed by atoms with E-state index >= 15 is 0 Å². The number of esters is 1. The molecule has 0 aliphatic carbocycles. The summed E-state index contributed by atoms with van der Waals surface area (Å²) in [5.41, 5.74) is 1.34. The van der Waals surface area contributed by atoms with E-state index in [0.29, 0.717) is 18.2 Å². The normalized spacial score (nSPS) is 13.3. The van der Waals surface area contributed by atoms with Gasteiger partial charge in [-0.25, -0.2) is 9.78 Å². The molecule has 1 aromatic heterocycles. The summed E-state index contributed by atoms with van der Waals surface area (Å²) in [5.74, 6) is 0.126. The molecule has 0 bridgehead atoms. The lowest BCUT2D eigenvalue weighted by molar-refractivity contribution is 0.0593. The van der Waals surface area contributed by atoms with E-state index in [1.165, 1.54) is 7.11 Å². The van der Waals surface area contributed by atoms with Crippen LogP contribution in [0.3, 0.4) is 0 Å². The third-order valence-corrected chi connectivity index (χ3v) is 1.94. The first-order valence-corrected chi connectivity index (χ1v) is 4.02. The van der Waals surface area contributed by atoms with Crippen LogP contribution in [0.25, 0.3) is 0 Å². The van der Waals surface area contributed by atoms with Crippen LogP contribution in [-0.4, -0.2) is 24.7 Å². The van der Waals surface area contributed by atoms with Gasteiger partial charge in [0.1, 0.15) is 0 Å². The zero-order valence-corrected chi connectivity index (χ0v) is 7.24. The monoisotopic (exact) mass is 179 g/mol. The topological polar surface area (TPSA) is 48.4 Å². The van der Waals surface area contributed by atoms with E-state index in [-0.39, 0.29) is 0 Å². The van der Waals surface area contributed by atoms with E-state index in [1.807, 2.05) is 6.07 Å². The fourth-order valence-corrected chi connectivity index (χ4v) is 1.26. The molecule has 1 aromatic rings. The molecule has 0 aromatic carbocycles. The SMILES string of the molecule is COC(=O)c1ccc2c(n1)OCC2. The fourth-order valence-electron chi connectivity index (χ4n) is 1.26. The molecule has 2 rings (SSSR count). The Balaban J connectivity index is 2.36. The number of hydrogen-bond acceptors (Lipinski definition) is 4. The quantitative estimate of drug-likeness (QED) is 0.598. The van der Waals surface area contributed by atoms with E-state index in [9.17, 15) is 4.79 Å². The Morgan fingerprint density at radius 2 is 2.46 bits per heavy atom. The Labute approximate surface area is 75.5 Å². The molecule has 1 aliphatic rings. The van der Waals surface area contributed by atoms with Crippen LogP contribution < -0.4 is 4.74 Å². The van der Waals surface area contributed by atoms with E-state index < -0.39 is 5.97 Å². The maximum absolute atomic E-state index is 11.1. The Morgan fingerprint density at radius 1 is 1.62 bits per heavy atom. The minimum atomic E-state index is -0.432. The van der Waals surface area contributed by atoms with E-state index in [4.69, 9.17) is 4.74 Å². The van der Waals surface area contributed by atoms with Crippen molar-refractivity contribution in [3.05, 3.63) is 23.4 Å². The maximum Gasteiger partial charge on any atom is 0.356 e. The van der Waals surface area contributed by atoms with Gasteiger partial charge in [0, 0.05) is 12.0 Å². The number of ether oxygens (including phenoxy) is 2. The molecule has 0 fully saturated rings. The lowest BCUT2D eigenvalue weighted by Crippen LogP contribution is -2.04. The van der Waals surface area contributed by atoms with Crippen LogP contribution >= 0.6 is 0 Å². The van der Waals surface area contributed by atoms with Gasteiger partial charge in [-0.1, -0.05) is 6.07 Å². The number of pyridine rings is 1. The van der Waals surface area contributed by atoms with Gasteiger partial charge in [0.2, 0.25) is 5.88 Å². The zero-order chi connectivity index (χ0) is 9.26. The Morgan fingerprint density at radius 3 is 3.23 bits per heavy atom. The molecule has 0 saturated carbocycles. The first kappa shape index (κ1) is 8.04. The van der Waals surface area contributed by atoms with Crippen LogP contribution in [0.4, 0.5) is 0 Å². The van der Waals surface area contributed by atoms with Gasteiger partial charge in [-0.2, -0.15) is 0 Å². The summed E-state index contributed by atoms with van der Waals surface area (Å²) < 4.78 is 9.75. The van der Waals surface area contributed by atoms with Crippen molar-refractivity contribution in [2.75, 3.05) is 13.7 Å². The van der Waals surface area contributed by atoms with Crippen LogP contribution in [0.15, 0.2) is 12.1 Å². The lowest BCUT2D eigenvalue weighted by Gasteiger charge is -2.00. The van der Waals surface area contributed by atoms with Crippen LogP contribution in [0.2, 0.25) is 0 Å². The molecule has 4 heteroatoms. The Kier molecular flexibility index (Phi) is 1.88. The minimum Gasteiger partial charge on any atom is -0.477 e. The standard InChI is InChI=1S/C9H9NO3/c1-12-9(11)7-3-2-6-4-5-13-8(6)10-7/h2-3H,4-5H2,1H3. The van der Waals surface area contributed by atoms with Gasteiger partial charge in [0.05, 0.1) is 13.7 Å². The number of carbonyl (C=O) groups excluding carboxylic acids is 1. The molecular weight excluding hydrogens is 170 g/mol. The predicted molar refractivity (Wildman–Crippen MR) is 44.8 cm³/mol. The van der Waals surface area contributed by atoms with Crippen LogP contribution in [0, 0.1) is 0 Å². The highest BCUT2D eigenvalue weighted by molar-refractivity contribution is 5.87. The van der Waals surface area contributed by atoms with Gasteiger partial charge >= 0.3 is 5.97 Å². The molecule has 0 unspecified atom stereocenters. The molecule has 0 amide bonds. The van der Waals surface area contributed by atoms with Gasteiger partial charge in [-0.15, -0.1) is 0 Å². The number of aromatic nitrogens is 1. The van der Waals surface area contributed by atoms with Crippen molar-refractivity contribution < 1.29 is 14.3 Å². The van der Waals surface area contributed by atoms with Crippen LogP contribution in [-0.2, 0) is 11.2 Å². The van der Waals surface area contributed by atoms with E-state index in [0.717, 1.165) is 12.0 Å². The molecule has 0 spiro atoms. The molecule has 0 saturated heterocycles. The predicted octanol–water partition coefficient (Wildman–Crippen LogP) is 0.803. The number of methoxy groups -OCH3 is 1. The molecule has 1 aliphatic heterocycles. The van der Waals surface area contributed by atoms with Crippen molar-refractivity contribution in [3.8, 4) is 5.88 Å². The molecule has 0 radical (unpaired) electrons. The zero-order valence-electron chi connectivity index (χ0n) is 7.24. The van der Waals surface area contributed by atoms with E-state index in [2.05, 4.69) is 9.72 Å². The van der Waals surface area contributed by atoms with Crippen LogP contribution in [0.5, 0.6) is 5.88 Å². The highest BCUT2D eigenvalue weighted by Gasteiger charge is 2.16. The first-order chi connectivity index (χ1) is 6.31. The molecule has 0 N–H and O–H groups in total. The lowest BCUT2D eigenvalue weighted by atomic mass is 10.2. The molecule has 68 valence electrons. The maximum atomic E-state index is 11.1. The summed E-state index contributed by atoms with van der Waals surface area (Å²) in [7, 11) is 1.33. The average molecular weight is 179 g/mol. The number of rotatable bonds is 1. The molecule has 2 heterocycles. The van der Waals surface area contributed by atoms with Crippen molar-refractivity contribution in [1.29, 1.82) is 0 Å². The van der Waals surface area contributed by atoms with Crippen molar-refractivity contribution >= 4 is 5.97 Å². The Hall–Kier alpha value is -1.58. The second-order valence-corrected chi connectivity index (χ2v) is 2.75. The number of nitrogens with zero attached hydrogens (tertiary/aromatic N) is 1. The number of hydrogen-bond donors (Lipinski definition) is 0. The third-order valence-electron chi connectivity index (χ3n) is 1.94. The Bertz CT molecular complexity index is 349. The highest BCUT2D eigenvalue weighted by Crippen LogP contribution is 2.22. The molecular formula is C9H9NO3. The largest absolute Gasteiger partial charge is 0.477 e. The van der Waals surface area contributed by atoms with Gasteiger partial charge in [0.15, 0.2) is 5.69 Å². The van der Waals surface area contributed by atoms with Crippen molar-refractivity contribution in [2.45, 2.75) is 6.42 Å². The number of carbonyl (C=O) groups is 1. The summed E-state index contributed by atoms with van der Waals surface area (Å²) in [6, 6.07) is 3.50. The highest BCUT2D eigenvalue weighted by atomic mass is 16.5. The summed E-state index contributed by atoms with van der Waals surface area (Å²) in [5, 5.41) is 0. The summed E-state index contributed by atoms with van der Waals surface area (Å²) in [6.45, 7) is 0.646. The minimum absolute atomic E-state index is 0.295. The summed E-state index contributed by atoms with van der Waals surface area (Å²) >= 11 is 0. The number of fused-ring (bicyclic) bond motifs is 1. The fraction of sp³-hybridized carbons (Fsp3) is 0.333. The second kappa shape index (κ2) is 3.05. The second-order valence-electron chi connectivity index (χ2n) is 2.75. The van der Waals surface area contributed by atoms with Crippen molar-refractivity contribution in [2.24, 2.45) is 0 Å². The summed E-state index contributed by atoms with van der Waals surface area (Å²) in [4.78, 5) is 15.1. The molecule has 4 nitrogen and oxygen atoms in total. The summed E-state index contributed by atoms with van der Waals surface area (Å²) in [6.07, 6.45) is 0.865. The first-order valence-electron chi connectivity index (χ1n) is 4.02. The van der Waals surface area contributed by atoms with Gasteiger partial charge in [-0.3, -0.25) is 0 Å². The molecule has 13 heavy (non-hydrogen) atoms. The smallest absolute Gasteiger partial charge is 0.356 e. The third kappa shape index (κ3) is 1.35. The van der Waals surface area contributed by atoms with Gasteiger partial charge in [-0.05, 0) is 6.07 Å². The van der Waals surface area contributed by atoms with Crippen molar-refractivity contribution in [3.63, 3.8) is 0 Å². The molecule has 0 atom stereocenters. The average Bonchev–Trinajstić information content (AvgIpc) is 2.63. The van der Waals surface area contributed by atoms with Crippen LogP contribution in [0.1, 0.15) is 16.1 Å². The van der Waals surface area contributed by atoms with Gasteiger partial charge in [0.25, 0.3) is 0 Å². The van der Waals surface area contributed by atoms with Crippen molar-refractivity contribution in [1.82, 2.24) is 4.98 Å². The van der Waals surface area contributed by atoms with E-state index in [1.54, 1.807) is 6.07 Å². The van der Waals surface area contributed by atoms with Gasteiger partial charge < -0.3 is 9.47 Å².